The van der Waals surface area contributed by atoms with Crippen molar-refractivity contribution in [2.75, 3.05) is 0 Å². The summed E-state index contributed by atoms with van der Waals surface area (Å²) in [6.45, 7) is 0. The molecule has 0 fully saturated rings. The number of aryl methyl sites for hydroxylation is 1. The summed E-state index contributed by atoms with van der Waals surface area (Å²) in [5.74, 6) is 0. The summed E-state index contributed by atoms with van der Waals surface area (Å²) in [6, 6.07) is 19.4. The van der Waals surface area contributed by atoms with E-state index in [9.17, 15) is 0 Å². The predicted molar refractivity (Wildman–Crippen MR) is 80.9 cm³/mol. The fraction of sp³-hybridized carbons (Fsp3) is 0.111. The normalized spacial score (nSPS) is 14.2. The number of aromatic amines is 1. The van der Waals surface area contributed by atoms with Gasteiger partial charge < -0.3 is 4.98 Å². The highest BCUT2D eigenvalue weighted by Crippen LogP contribution is 2.31. The maximum absolute atomic E-state index is 3.53. The SMILES string of the molecule is C1=C(c2cc3ccccc3[nH]2)CCc2ccccc21. The van der Waals surface area contributed by atoms with Gasteiger partial charge >= 0.3 is 0 Å². The highest BCUT2D eigenvalue weighted by atomic mass is 14.7. The maximum atomic E-state index is 3.53. The minimum atomic E-state index is 1.11. The van der Waals surface area contributed by atoms with Crippen LogP contribution in [0.4, 0.5) is 0 Å². The lowest BCUT2D eigenvalue weighted by Gasteiger charge is -2.15. The summed E-state index contributed by atoms with van der Waals surface area (Å²) in [6.07, 6.45) is 4.57. The molecule has 0 radical (unpaired) electrons. The number of nitrogens with one attached hydrogen (secondary N) is 1. The van der Waals surface area contributed by atoms with Crippen molar-refractivity contribution < 1.29 is 0 Å². The number of H-pyrrole nitrogens is 1. The molecule has 0 unspecified atom stereocenters. The molecule has 1 heteroatoms. The van der Waals surface area contributed by atoms with Crippen LogP contribution in [0.2, 0.25) is 0 Å². The summed E-state index contributed by atoms with van der Waals surface area (Å²) in [7, 11) is 0. The van der Waals surface area contributed by atoms with Crippen LogP contribution in [-0.2, 0) is 6.42 Å². The zero-order chi connectivity index (χ0) is 12.7. The fourth-order valence-corrected chi connectivity index (χ4v) is 2.89. The Bertz CT molecular complexity index is 744. The van der Waals surface area contributed by atoms with Crippen molar-refractivity contribution in [3.63, 3.8) is 0 Å². The molecular formula is C18H15N. The van der Waals surface area contributed by atoms with Crippen LogP contribution < -0.4 is 0 Å². The Hall–Kier alpha value is -2.28. The Morgan fingerprint density at radius 3 is 2.63 bits per heavy atom. The molecule has 0 aliphatic heterocycles. The van der Waals surface area contributed by atoms with Gasteiger partial charge in [-0.1, -0.05) is 42.5 Å². The first-order valence-corrected chi connectivity index (χ1v) is 6.77. The van der Waals surface area contributed by atoms with Gasteiger partial charge in [0.2, 0.25) is 0 Å². The van der Waals surface area contributed by atoms with Crippen molar-refractivity contribution in [1.82, 2.24) is 4.98 Å². The Labute approximate surface area is 112 Å². The second-order valence-corrected chi connectivity index (χ2v) is 5.14. The van der Waals surface area contributed by atoms with E-state index in [1.807, 2.05) is 0 Å². The van der Waals surface area contributed by atoms with Crippen LogP contribution in [0.15, 0.2) is 54.6 Å². The van der Waals surface area contributed by atoms with E-state index in [4.69, 9.17) is 0 Å². The molecule has 0 bridgehead atoms. The first-order valence-electron chi connectivity index (χ1n) is 6.77. The van der Waals surface area contributed by atoms with Gasteiger partial charge in [-0.15, -0.1) is 0 Å². The topological polar surface area (TPSA) is 15.8 Å². The van der Waals surface area contributed by atoms with Crippen molar-refractivity contribution in [2.45, 2.75) is 12.8 Å². The van der Waals surface area contributed by atoms with E-state index in [2.05, 4.69) is 65.7 Å². The van der Waals surface area contributed by atoms with E-state index in [0.717, 1.165) is 12.8 Å². The lowest BCUT2D eigenvalue weighted by molar-refractivity contribution is 0.995. The highest BCUT2D eigenvalue weighted by molar-refractivity contribution is 5.90. The van der Waals surface area contributed by atoms with Gasteiger partial charge in [0.1, 0.15) is 0 Å². The summed E-state index contributed by atoms with van der Waals surface area (Å²) in [5.41, 5.74) is 6.72. The van der Waals surface area contributed by atoms with Gasteiger partial charge in [0.05, 0.1) is 0 Å². The molecule has 1 aromatic heterocycles. The predicted octanol–water partition coefficient (Wildman–Crippen LogP) is 4.65. The maximum Gasteiger partial charge on any atom is 0.0458 e. The second kappa shape index (κ2) is 4.13. The molecule has 1 N–H and O–H groups in total. The van der Waals surface area contributed by atoms with Crippen LogP contribution in [-0.4, -0.2) is 4.98 Å². The zero-order valence-electron chi connectivity index (χ0n) is 10.7. The number of rotatable bonds is 1. The number of allylic oxidation sites excluding steroid dienone is 1. The molecule has 0 amide bonds. The van der Waals surface area contributed by atoms with E-state index in [0.29, 0.717) is 0 Å². The Morgan fingerprint density at radius 2 is 1.68 bits per heavy atom. The molecule has 19 heavy (non-hydrogen) atoms. The van der Waals surface area contributed by atoms with Crippen molar-refractivity contribution in [2.24, 2.45) is 0 Å². The molecule has 92 valence electrons. The third-order valence-electron chi connectivity index (χ3n) is 3.92. The summed E-state index contributed by atoms with van der Waals surface area (Å²) in [4.78, 5) is 3.53. The van der Waals surface area contributed by atoms with Crippen LogP contribution in [0.5, 0.6) is 0 Å². The molecule has 0 saturated heterocycles. The third kappa shape index (κ3) is 1.78. The second-order valence-electron chi connectivity index (χ2n) is 5.14. The number of aromatic nitrogens is 1. The highest BCUT2D eigenvalue weighted by Gasteiger charge is 2.12. The first-order chi connectivity index (χ1) is 9.40. The molecular weight excluding hydrogens is 230 g/mol. The summed E-state index contributed by atoms with van der Waals surface area (Å²) < 4.78 is 0. The molecule has 0 saturated carbocycles. The number of benzene rings is 2. The lowest BCUT2D eigenvalue weighted by atomic mass is 9.91. The van der Waals surface area contributed by atoms with Gasteiger partial charge in [0.15, 0.2) is 0 Å². The monoisotopic (exact) mass is 245 g/mol. The molecule has 3 aromatic rings. The van der Waals surface area contributed by atoms with Crippen molar-refractivity contribution >= 4 is 22.6 Å². The van der Waals surface area contributed by atoms with E-state index in [1.165, 1.54) is 33.3 Å². The molecule has 2 aromatic carbocycles. The molecule has 1 heterocycles. The lowest BCUT2D eigenvalue weighted by Crippen LogP contribution is -1.98. The standard InChI is InChI=1S/C18H15N/c1-2-6-14-11-16(10-9-13(14)5-1)18-12-15-7-3-4-8-17(15)19-18/h1-8,11-12,19H,9-10H2. The van der Waals surface area contributed by atoms with E-state index in [-0.39, 0.29) is 0 Å². The Kier molecular flexibility index (Phi) is 2.31. The van der Waals surface area contributed by atoms with Gasteiger partial charge in [-0.3, -0.25) is 0 Å². The minimum Gasteiger partial charge on any atom is -0.355 e. The molecule has 0 spiro atoms. The summed E-state index contributed by atoms with van der Waals surface area (Å²) >= 11 is 0. The van der Waals surface area contributed by atoms with E-state index >= 15 is 0 Å². The zero-order valence-corrected chi connectivity index (χ0v) is 10.7. The van der Waals surface area contributed by atoms with Gasteiger partial charge in [0.25, 0.3) is 0 Å². The number of fused-ring (bicyclic) bond motifs is 2. The van der Waals surface area contributed by atoms with Crippen LogP contribution in [0.1, 0.15) is 23.2 Å². The first kappa shape index (κ1) is 10.6. The fourth-order valence-electron chi connectivity index (χ4n) is 2.89. The average Bonchev–Trinajstić information content (AvgIpc) is 2.90. The van der Waals surface area contributed by atoms with Crippen molar-refractivity contribution in [1.29, 1.82) is 0 Å². The molecule has 1 nitrogen and oxygen atoms in total. The van der Waals surface area contributed by atoms with Crippen LogP contribution in [0.25, 0.3) is 22.6 Å². The van der Waals surface area contributed by atoms with Gasteiger partial charge in [0, 0.05) is 11.2 Å². The smallest absolute Gasteiger partial charge is 0.0458 e. The quantitative estimate of drug-likeness (QED) is 0.642. The van der Waals surface area contributed by atoms with Crippen LogP contribution in [0, 0.1) is 0 Å². The molecule has 1 aliphatic rings. The van der Waals surface area contributed by atoms with E-state index < -0.39 is 0 Å². The number of hydrogen-bond acceptors (Lipinski definition) is 0. The van der Waals surface area contributed by atoms with Gasteiger partial charge in [-0.2, -0.15) is 0 Å². The summed E-state index contributed by atoms with van der Waals surface area (Å²) in [5, 5.41) is 1.29. The minimum absolute atomic E-state index is 1.11. The van der Waals surface area contributed by atoms with Crippen LogP contribution in [0.3, 0.4) is 0 Å². The van der Waals surface area contributed by atoms with E-state index in [1.54, 1.807) is 0 Å². The molecule has 4 rings (SSSR count). The molecule has 1 aliphatic carbocycles. The Morgan fingerprint density at radius 1 is 0.842 bits per heavy atom. The van der Waals surface area contributed by atoms with Gasteiger partial charge in [-0.05, 0) is 53.1 Å². The van der Waals surface area contributed by atoms with Crippen molar-refractivity contribution in [3.05, 3.63) is 71.4 Å². The van der Waals surface area contributed by atoms with Gasteiger partial charge in [-0.25, -0.2) is 0 Å². The molecule has 0 atom stereocenters. The average molecular weight is 245 g/mol. The Balaban J connectivity index is 1.83. The largest absolute Gasteiger partial charge is 0.355 e. The third-order valence-corrected chi connectivity index (χ3v) is 3.92. The van der Waals surface area contributed by atoms with Crippen molar-refractivity contribution in [3.8, 4) is 0 Å². The number of para-hydroxylation sites is 1. The van der Waals surface area contributed by atoms with Crippen LogP contribution >= 0.6 is 0 Å². The number of hydrogen-bond donors (Lipinski definition) is 1.